The average Bonchev–Trinajstić information content (AvgIpc) is 2.62. The van der Waals surface area contributed by atoms with Crippen LogP contribution >= 0.6 is 12.6 Å². The number of carbonyl (C=O) groups excluding carboxylic acids is 2. The molecular weight excluding hydrogens is 354 g/mol. The van der Waals surface area contributed by atoms with Crippen LogP contribution in [0, 0.1) is 20.8 Å². The maximum absolute atomic E-state index is 12.8. The Hall–Kier alpha value is -1.89. The monoisotopic (exact) mass is 381 g/mol. The molecule has 0 saturated heterocycles. The SMILES string of the molecule is CCOC(=O)C(CS)NC(=O)C1(C)CCc2c(C)c(O)c(C)c(C)c2O1. The van der Waals surface area contributed by atoms with Crippen molar-refractivity contribution in [3.8, 4) is 11.5 Å². The molecule has 1 amide bonds. The minimum Gasteiger partial charge on any atom is -0.507 e. The van der Waals surface area contributed by atoms with Crippen LogP contribution in [0.1, 0.15) is 42.5 Å². The number of amides is 1. The summed E-state index contributed by atoms with van der Waals surface area (Å²) in [6, 6.07) is -0.822. The second-order valence-corrected chi connectivity index (χ2v) is 7.19. The van der Waals surface area contributed by atoms with Gasteiger partial charge in [-0.25, -0.2) is 4.79 Å². The van der Waals surface area contributed by atoms with E-state index >= 15 is 0 Å². The van der Waals surface area contributed by atoms with Crippen molar-refractivity contribution < 1.29 is 24.2 Å². The highest BCUT2D eigenvalue weighted by molar-refractivity contribution is 7.80. The molecule has 7 heteroatoms. The van der Waals surface area contributed by atoms with E-state index in [0.29, 0.717) is 18.6 Å². The van der Waals surface area contributed by atoms with Gasteiger partial charge in [0.05, 0.1) is 6.61 Å². The van der Waals surface area contributed by atoms with Crippen LogP contribution < -0.4 is 10.1 Å². The summed E-state index contributed by atoms with van der Waals surface area (Å²) in [5.41, 5.74) is 2.15. The van der Waals surface area contributed by atoms with E-state index in [1.165, 1.54) is 0 Å². The van der Waals surface area contributed by atoms with Crippen molar-refractivity contribution in [2.75, 3.05) is 12.4 Å². The van der Waals surface area contributed by atoms with Crippen LogP contribution in [-0.4, -0.2) is 41.0 Å². The topological polar surface area (TPSA) is 84.9 Å². The van der Waals surface area contributed by atoms with Crippen molar-refractivity contribution in [1.29, 1.82) is 0 Å². The van der Waals surface area contributed by atoms with E-state index in [2.05, 4.69) is 17.9 Å². The fourth-order valence-corrected chi connectivity index (χ4v) is 3.38. The van der Waals surface area contributed by atoms with Gasteiger partial charge < -0.3 is 19.9 Å². The van der Waals surface area contributed by atoms with Gasteiger partial charge in [-0.2, -0.15) is 12.6 Å². The van der Waals surface area contributed by atoms with Crippen molar-refractivity contribution >= 4 is 24.5 Å². The molecule has 2 N–H and O–H groups in total. The first kappa shape index (κ1) is 20.4. The Balaban J connectivity index is 2.27. The number of carbonyl (C=O) groups is 2. The number of thiol groups is 1. The molecule has 0 spiro atoms. The lowest BCUT2D eigenvalue weighted by atomic mass is 9.86. The molecule has 1 heterocycles. The van der Waals surface area contributed by atoms with Crippen molar-refractivity contribution in [3.05, 3.63) is 22.3 Å². The molecule has 1 aliphatic rings. The van der Waals surface area contributed by atoms with Gasteiger partial charge in [0.15, 0.2) is 5.60 Å². The van der Waals surface area contributed by atoms with Crippen LogP contribution in [0.3, 0.4) is 0 Å². The summed E-state index contributed by atoms with van der Waals surface area (Å²) >= 11 is 4.13. The normalized spacial score (nSPS) is 19.9. The summed E-state index contributed by atoms with van der Waals surface area (Å²) < 4.78 is 11.1. The van der Waals surface area contributed by atoms with Crippen molar-refractivity contribution in [3.63, 3.8) is 0 Å². The maximum atomic E-state index is 12.8. The van der Waals surface area contributed by atoms with Crippen LogP contribution in [0.4, 0.5) is 0 Å². The average molecular weight is 381 g/mol. The summed E-state index contributed by atoms with van der Waals surface area (Å²) in [7, 11) is 0. The van der Waals surface area contributed by atoms with Gasteiger partial charge in [-0.05, 0) is 57.7 Å². The van der Waals surface area contributed by atoms with Crippen molar-refractivity contribution in [1.82, 2.24) is 5.32 Å². The molecule has 1 aliphatic heterocycles. The van der Waals surface area contributed by atoms with E-state index in [0.717, 1.165) is 22.3 Å². The Bertz CT molecular complexity index is 733. The Morgan fingerprint density at radius 2 is 1.96 bits per heavy atom. The number of ether oxygens (including phenoxy) is 2. The molecule has 0 saturated carbocycles. The summed E-state index contributed by atoms with van der Waals surface area (Å²) in [5.74, 6) is 0.166. The van der Waals surface area contributed by atoms with E-state index in [-0.39, 0.29) is 24.0 Å². The first-order chi connectivity index (χ1) is 12.2. The van der Waals surface area contributed by atoms with E-state index in [1.54, 1.807) is 13.8 Å². The summed E-state index contributed by atoms with van der Waals surface area (Å²) in [6.45, 7) is 9.20. The summed E-state index contributed by atoms with van der Waals surface area (Å²) in [6.07, 6.45) is 1.04. The molecule has 0 fully saturated rings. The molecule has 2 rings (SSSR count). The van der Waals surface area contributed by atoms with E-state index < -0.39 is 17.6 Å². The number of esters is 1. The molecular formula is C19H27NO5S. The number of nitrogens with one attached hydrogen (secondary N) is 1. The third-order valence-electron chi connectivity index (χ3n) is 5.06. The third-order valence-corrected chi connectivity index (χ3v) is 5.42. The van der Waals surface area contributed by atoms with Crippen LogP contribution in [0.2, 0.25) is 0 Å². The van der Waals surface area contributed by atoms with Crippen LogP contribution in [0.5, 0.6) is 11.5 Å². The zero-order chi connectivity index (χ0) is 19.6. The maximum Gasteiger partial charge on any atom is 0.329 e. The lowest BCUT2D eigenvalue weighted by Gasteiger charge is -2.37. The zero-order valence-corrected chi connectivity index (χ0v) is 16.8. The standard InChI is InChI=1S/C19H27NO5S/c1-6-24-17(22)14(9-26)20-18(23)19(5)8-7-13-12(4)15(21)10(2)11(3)16(13)25-19/h14,21,26H,6-9H2,1-5H3,(H,20,23). The molecule has 0 aromatic heterocycles. The zero-order valence-electron chi connectivity index (χ0n) is 15.9. The summed E-state index contributed by atoms with van der Waals surface area (Å²) in [4.78, 5) is 24.8. The number of phenols is 1. The Morgan fingerprint density at radius 3 is 2.54 bits per heavy atom. The number of benzene rings is 1. The van der Waals surface area contributed by atoms with E-state index in [9.17, 15) is 14.7 Å². The molecule has 0 radical (unpaired) electrons. The fourth-order valence-electron chi connectivity index (χ4n) is 3.14. The minimum absolute atomic E-state index is 0.141. The van der Waals surface area contributed by atoms with Crippen LogP contribution in [-0.2, 0) is 20.7 Å². The van der Waals surface area contributed by atoms with Gasteiger partial charge in [-0.3, -0.25) is 4.79 Å². The van der Waals surface area contributed by atoms with Gasteiger partial charge in [-0.1, -0.05) is 0 Å². The number of hydrogen-bond acceptors (Lipinski definition) is 6. The Morgan fingerprint density at radius 1 is 1.31 bits per heavy atom. The van der Waals surface area contributed by atoms with E-state index in [4.69, 9.17) is 9.47 Å². The quantitative estimate of drug-likeness (QED) is 0.539. The predicted octanol–water partition coefficient (Wildman–Crippen LogP) is 2.38. The molecule has 144 valence electrons. The first-order valence-corrected chi connectivity index (χ1v) is 9.38. The Kier molecular flexibility index (Phi) is 6.11. The van der Waals surface area contributed by atoms with Gasteiger partial charge in [0, 0.05) is 17.7 Å². The van der Waals surface area contributed by atoms with Gasteiger partial charge in [0.2, 0.25) is 0 Å². The number of hydrogen-bond donors (Lipinski definition) is 3. The van der Waals surface area contributed by atoms with Crippen molar-refractivity contribution in [2.45, 2.75) is 59.1 Å². The predicted molar refractivity (Wildman–Crippen MR) is 102 cm³/mol. The fraction of sp³-hybridized carbons (Fsp3) is 0.579. The molecule has 0 bridgehead atoms. The van der Waals surface area contributed by atoms with Gasteiger partial charge >= 0.3 is 5.97 Å². The van der Waals surface area contributed by atoms with Gasteiger partial charge in [-0.15, -0.1) is 0 Å². The molecule has 1 aromatic carbocycles. The lowest BCUT2D eigenvalue weighted by molar-refractivity contribution is -0.149. The van der Waals surface area contributed by atoms with Crippen LogP contribution in [0.15, 0.2) is 0 Å². The highest BCUT2D eigenvalue weighted by atomic mass is 32.1. The molecule has 6 nitrogen and oxygen atoms in total. The molecule has 2 unspecified atom stereocenters. The number of rotatable bonds is 5. The van der Waals surface area contributed by atoms with Crippen molar-refractivity contribution in [2.24, 2.45) is 0 Å². The lowest BCUT2D eigenvalue weighted by Crippen LogP contribution is -2.56. The first-order valence-electron chi connectivity index (χ1n) is 8.75. The van der Waals surface area contributed by atoms with Gasteiger partial charge in [0.1, 0.15) is 17.5 Å². The molecule has 2 atom stereocenters. The summed E-state index contributed by atoms with van der Waals surface area (Å²) in [5, 5.41) is 12.9. The highest BCUT2D eigenvalue weighted by Gasteiger charge is 2.42. The highest BCUT2D eigenvalue weighted by Crippen LogP contribution is 2.43. The largest absolute Gasteiger partial charge is 0.507 e. The number of fused-ring (bicyclic) bond motifs is 1. The Labute approximate surface area is 159 Å². The number of phenolic OH excluding ortho intramolecular Hbond substituents is 1. The molecule has 26 heavy (non-hydrogen) atoms. The second kappa shape index (κ2) is 7.78. The molecule has 0 aliphatic carbocycles. The number of aromatic hydroxyl groups is 1. The minimum atomic E-state index is -1.11. The van der Waals surface area contributed by atoms with E-state index in [1.807, 2.05) is 20.8 Å². The van der Waals surface area contributed by atoms with Crippen LogP contribution in [0.25, 0.3) is 0 Å². The molecule has 1 aromatic rings. The second-order valence-electron chi connectivity index (χ2n) is 6.82. The third kappa shape index (κ3) is 3.63. The van der Waals surface area contributed by atoms with Gasteiger partial charge in [0.25, 0.3) is 5.91 Å². The smallest absolute Gasteiger partial charge is 0.329 e.